The molecule has 1 unspecified atom stereocenters. The van der Waals surface area contributed by atoms with Crippen LogP contribution in [-0.4, -0.2) is 34.4 Å². The van der Waals surface area contributed by atoms with E-state index in [2.05, 4.69) is 10.2 Å². The number of carbonyl (C=O) groups excluding carboxylic acids is 1. The molecular formula is C13H12FN3O3. The van der Waals surface area contributed by atoms with Crippen molar-refractivity contribution in [3.63, 3.8) is 0 Å². The number of nitrogens with zero attached hydrogens (tertiary/aromatic N) is 3. The second-order valence-corrected chi connectivity index (χ2v) is 4.66. The minimum absolute atomic E-state index is 0.0624. The molecule has 0 radical (unpaired) electrons. The number of rotatable bonds is 3. The highest BCUT2D eigenvalue weighted by atomic mass is 19.1. The van der Waals surface area contributed by atoms with Crippen LogP contribution in [0.25, 0.3) is 11.5 Å². The summed E-state index contributed by atoms with van der Waals surface area (Å²) in [5, 5.41) is 16.7. The first-order valence-corrected chi connectivity index (χ1v) is 6.18. The van der Waals surface area contributed by atoms with Crippen LogP contribution in [0.15, 0.2) is 28.7 Å². The molecule has 2 aromatic rings. The summed E-state index contributed by atoms with van der Waals surface area (Å²) in [7, 11) is 0. The third kappa shape index (κ3) is 2.27. The van der Waals surface area contributed by atoms with Gasteiger partial charge in [0.05, 0.1) is 0 Å². The molecule has 1 fully saturated rings. The van der Waals surface area contributed by atoms with E-state index in [4.69, 9.17) is 9.52 Å². The molecule has 1 aromatic heterocycles. The van der Waals surface area contributed by atoms with Crippen molar-refractivity contribution in [3.05, 3.63) is 30.1 Å². The van der Waals surface area contributed by atoms with Gasteiger partial charge in [-0.05, 0) is 18.2 Å². The van der Waals surface area contributed by atoms with E-state index in [0.29, 0.717) is 12.1 Å². The number of halogens is 1. The van der Waals surface area contributed by atoms with E-state index in [1.165, 1.54) is 23.1 Å². The van der Waals surface area contributed by atoms with E-state index in [9.17, 15) is 9.18 Å². The maximum absolute atomic E-state index is 13.1. The first-order valence-electron chi connectivity index (χ1n) is 6.18. The van der Waals surface area contributed by atoms with E-state index in [0.717, 1.165) is 0 Å². The van der Waals surface area contributed by atoms with E-state index in [1.807, 2.05) is 0 Å². The maximum atomic E-state index is 13.1. The average Bonchev–Trinajstić information content (AvgIpc) is 3.05. The number of hydrogen-bond donors (Lipinski definition) is 1. The standard InChI is InChI=1S/C13H12FN3O3/c14-10-3-1-2-9(5-10)12-15-16-13(20-12)17-6-8(7-18)4-11(17)19/h1-3,5,8,18H,4,6-7H2. The number of carbonyl (C=O) groups is 1. The summed E-state index contributed by atoms with van der Waals surface area (Å²) in [6.45, 7) is 0.285. The van der Waals surface area contributed by atoms with Gasteiger partial charge in [-0.1, -0.05) is 11.2 Å². The Bertz CT molecular complexity index is 643. The van der Waals surface area contributed by atoms with Crippen LogP contribution >= 0.6 is 0 Å². The third-order valence-corrected chi connectivity index (χ3v) is 3.18. The Kier molecular flexibility index (Phi) is 3.19. The number of amides is 1. The van der Waals surface area contributed by atoms with Crippen LogP contribution in [0.4, 0.5) is 10.4 Å². The van der Waals surface area contributed by atoms with Gasteiger partial charge in [-0.15, -0.1) is 5.10 Å². The largest absolute Gasteiger partial charge is 0.403 e. The van der Waals surface area contributed by atoms with Crippen molar-refractivity contribution >= 4 is 11.9 Å². The molecule has 3 rings (SSSR count). The normalized spacial score (nSPS) is 18.8. The topological polar surface area (TPSA) is 79.5 Å². The Labute approximate surface area is 113 Å². The smallest absolute Gasteiger partial charge is 0.325 e. The van der Waals surface area contributed by atoms with Gasteiger partial charge in [0.2, 0.25) is 11.8 Å². The van der Waals surface area contributed by atoms with Crippen LogP contribution in [0.5, 0.6) is 0 Å². The van der Waals surface area contributed by atoms with Crippen molar-refractivity contribution in [2.75, 3.05) is 18.1 Å². The summed E-state index contributed by atoms with van der Waals surface area (Å²) in [5.74, 6) is -0.537. The summed E-state index contributed by atoms with van der Waals surface area (Å²) in [4.78, 5) is 13.1. The van der Waals surface area contributed by atoms with Crippen molar-refractivity contribution < 1.29 is 18.7 Å². The fourth-order valence-electron chi connectivity index (χ4n) is 2.15. The Hall–Kier alpha value is -2.28. The molecular weight excluding hydrogens is 265 g/mol. The molecule has 0 spiro atoms. The van der Waals surface area contributed by atoms with Crippen molar-refractivity contribution in [1.29, 1.82) is 0 Å². The predicted molar refractivity (Wildman–Crippen MR) is 67.2 cm³/mol. The molecule has 0 aliphatic carbocycles. The first-order chi connectivity index (χ1) is 9.67. The van der Waals surface area contributed by atoms with Gasteiger partial charge in [0.1, 0.15) is 5.82 Å². The zero-order valence-electron chi connectivity index (χ0n) is 10.5. The number of aliphatic hydroxyl groups excluding tert-OH is 1. The highest BCUT2D eigenvalue weighted by Crippen LogP contribution is 2.27. The lowest BCUT2D eigenvalue weighted by atomic mass is 10.1. The van der Waals surface area contributed by atoms with Crippen LogP contribution < -0.4 is 4.90 Å². The van der Waals surface area contributed by atoms with Gasteiger partial charge < -0.3 is 9.52 Å². The first kappa shape index (κ1) is 12.7. The fraction of sp³-hybridized carbons (Fsp3) is 0.308. The zero-order valence-corrected chi connectivity index (χ0v) is 10.5. The van der Waals surface area contributed by atoms with Gasteiger partial charge in [0.15, 0.2) is 0 Å². The zero-order chi connectivity index (χ0) is 14.1. The quantitative estimate of drug-likeness (QED) is 0.912. The molecule has 7 heteroatoms. The van der Waals surface area contributed by atoms with Crippen LogP contribution in [0.2, 0.25) is 0 Å². The highest BCUT2D eigenvalue weighted by Gasteiger charge is 2.33. The van der Waals surface area contributed by atoms with Crippen molar-refractivity contribution in [3.8, 4) is 11.5 Å². The van der Waals surface area contributed by atoms with Crippen LogP contribution in [0.1, 0.15) is 6.42 Å². The predicted octanol–water partition coefficient (Wildman–Crippen LogP) is 1.22. The van der Waals surface area contributed by atoms with Gasteiger partial charge in [0, 0.05) is 31.1 Å². The molecule has 2 heterocycles. The third-order valence-electron chi connectivity index (χ3n) is 3.18. The molecule has 1 aliphatic heterocycles. The molecule has 1 saturated heterocycles. The summed E-state index contributed by atoms with van der Waals surface area (Å²) in [6, 6.07) is 5.85. The molecule has 1 amide bonds. The Morgan fingerprint density at radius 3 is 3.00 bits per heavy atom. The molecule has 104 valence electrons. The van der Waals surface area contributed by atoms with E-state index in [1.54, 1.807) is 6.07 Å². The summed E-state index contributed by atoms with van der Waals surface area (Å²) in [5.41, 5.74) is 0.453. The second-order valence-electron chi connectivity index (χ2n) is 4.66. The molecule has 1 N–H and O–H groups in total. The summed E-state index contributed by atoms with van der Waals surface area (Å²) >= 11 is 0. The van der Waals surface area contributed by atoms with Gasteiger partial charge in [-0.3, -0.25) is 9.69 Å². The lowest BCUT2D eigenvalue weighted by Crippen LogP contribution is -2.25. The van der Waals surface area contributed by atoms with Crippen LogP contribution in [0, 0.1) is 11.7 Å². The number of benzene rings is 1. The Morgan fingerprint density at radius 2 is 2.30 bits per heavy atom. The minimum Gasteiger partial charge on any atom is -0.403 e. The molecule has 0 bridgehead atoms. The molecule has 1 aromatic carbocycles. The van der Waals surface area contributed by atoms with E-state index >= 15 is 0 Å². The lowest BCUT2D eigenvalue weighted by molar-refractivity contribution is -0.117. The average molecular weight is 277 g/mol. The van der Waals surface area contributed by atoms with Crippen molar-refractivity contribution in [2.24, 2.45) is 5.92 Å². The van der Waals surface area contributed by atoms with Crippen LogP contribution in [-0.2, 0) is 4.79 Å². The van der Waals surface area contributed by atoms with Gasteiger partial charge >= 0.3 is 6.01 Å². The Morgan fingerprint density at radius 1 is 1.45 bits per heavy atom. The van der Waals surface area contributed by atoms with Crippen molar-refractivity contribution in [2.45, 2.75) is 6.42 Å². The minimum atomic E-state index is -0.403. The fourth-order valence-corrected chi connectivity index (χ4v) is 2.15. The van der Waals surface area contributed by atoms with Crippen LogP contribution in [0.3, 0.4) is 0 Å². The molecule has 0 saturated carbocycles. The second kappa shape index (κ2) is 5.01. The van der Waals surface area contributed by atoms with Gasteiger partial charge in [0.25, 0.3) is 0 Å². The summed E-state index contributed by atoms with van der Waals surface area (Å²) in [6.07, 6.45) is 0.258. The number of hydrogen-bond acceptors (Lipinski definition) is 5. The van der Waals surface area contributed by atoms with Gasteiger partial charge in [-0.25, -0.2) is 4.39 Å². The van der Waals surface area contributed by atoms with Crippen molar-refractivity contribution in [1.82, 2.24) is 10.2 Å². The molecule has 6 nitrogen and oxygen atoms in total. The molecule has 20 heavy (non-hydrogen) atoms. The SMILES string of the molecule is O=C1CC(CO)CN1c1nnc(-c2cccc(F)c2)o1. The highest BCUT2D eigenvalue weighted by molar-refractivity contribution is 5.93. The maximum Gasteiger partial charge on any atom is 0.325 e. The molecule has 1 aliphatic rings. The van der Waals surface area contributed by atoms with E-state index < -0.39 is 5.82 Å². The monoisotopic (exact) mass is 277 g/mol. The van der Waals surface area contributed by atoms with Gasteiger partial charge in [-0.2, -0.15) is 0 Å². The number of aromatic nitrogens is 2. The number of anilines is 1. The Balaban J connectivity index is 1.86. The molecule has 1 atom stereocenters. The lowest BCUT2D eigenvalue weighted by Gasteiger charge is -2.09. The summed E-state index contributed by atoms with van der Waals surface area (Å²) < 4.78 is 18.5. The van der Waals surface area contributed by atoms with E-state index in [-0.39, 0.29) is 36.8 Å². The number of aliphatic hydroxyl groups is 1.